The van der Waals surface area contributed by atoms with Gasteiger partial charge in [-0.2, -0.15) is 11.8 Å². The fraction of sp³-hybridized carbons (Fsp3) is 0.500. The van der Waals surface area contributed by atoms with Crippen LogP contribution in [0.25, 0.3) is 0 Å². The van der Waals surface area contributed by atoms with E-state index in [0.29, 0.717) is 0 Å². The average molecular weight is 222 g/mol. The Balaban J connectivity index is 2.22. The highest BCUT2D eigenvalue weighted by Gasteiger charge is 2.19. The molecule has 1 aliphatic rings. The average Bonchev–Trinajstić information content (AvgIpc) is 2.59. The standard InChI is InChI=1S/C12H18N2S/c1-9-7-10-3-4-14(5-6-15-2)12(10)8-11(9)13/h7-8H,3-6,13H2,1-2H3. The number of benzene rings is 1. The minimum Gasteiger partial charge on any atom is -0.398 e. The molecular weight excluding hydrogens is 204 g/mol. The lowest BCUT2D eigenvalue weighted by atomic mass is 10.1. The van der Waals surface area contributed by atoms with Crippen molar-refractivity contribution in [2.45, 2.75) is 13.3 Å². The summed E-state index contributed by atoms with van der Waals surface area (Å²) in [6, 6.07) is 4.38. The van der Waals surface area contributed by atoms with Gasteiger partial charge in [0.25, 0.3) is 0 Å². The quantitative estimate of drug-likeness (QED) is 0.796. The second-order valence-electron chi connectivity index (χ2n) is 4.07. The van der Waals surface area contributed by atoms with Crippen LogP contribution in [-0.2, 0) is 6.42 Å². The second-order valence-corrected chi connectivity index (χ2v) is 5.05. The molecule has 0 saturated carbocycles. The summed E-state index contributed by atoms with van der Waals surface area (Å²) in [4.78, 5) is 2.45. The Morgan fingerprint density at radius 1 is 1.47 bits per heavy atom. The zero-order chi connectivity index (χ0) is 10.8. The summed E-state index contributed by atoms with van der Waals surface area (Å²) in [5.41, 5.74) is 10.9. The number of nitrogens with two attached hydrogens (primary N) is 1. The van der Waals surface area contributed by atoms with Gasteiger partial charge in [-0.3, -0.25) is 0 Å². The first-order valence-corrected chi connectivity index (χ1v) is 6.74. The van der Waals surface area contributed by atoms with Gasteiger partial charge < -0.3 is 10.6 Å². The van der Waals surface area contributed by atoms with E-state index in [1.807, 2.05) is 11.8 Å². The maximum Gasteiger partial charge on any atom is 0.0420 e. The molecule has 2 N–H and O–H groups in total. The summed E-state index contributed by atoms with van der Waals surface area (Å²) in [6.45, 7) is 4.37. The van der Waals surface area contributed by atoms with Gasteiger partial charge in [-0.05, 0) is 36.8 Å². The highest BCUT2D eigenvalue weighted by Crippen LogP contribution is 2.31. The number of aryl methyl sites for hydroxylation is 1. The molecule has 15 heavy (non-hydrogen) atoms. The van der Waals surface area contributed by atoms with Gasteiger partial charge >= 0.3 is 0 Å². The van der Waals surface area contributed by atoms with Crippen LogP contribution in [0.15, 0.2) is 12.1 Å². The predicted octanol–water partition coefficient (Wildman–Crippen LogP) is 2.30. The van der Waals surface area contributed by atoms with Gasteiger partial charge in [-0.25, -0.2) is 0 Å². The molecule has 3 heteroatoms. The summed E-state index contributed by atoms with van der Waals surface area (Å²) in [7, 11) is 0. The molecule has 1 aliphatic heterocycles. The minimum atomic E-state index is 0.921. The van der Waals surface area contributed by atoms with E-state index in [2.05, 4.69) is 30.2 Å². The van der Waals surface area contributed by atoms with Crippen LogP contribution in [0.2, 0.25) is 0 Å². The van der Waals surface area contributed by atoms with Crippen molar-refractivity contribution in [1.29, 1.82) is 0 Å². The Bertz CT molecular complexity index is 363. The largest absolute Gasteiger partial charge is 0.398 e. The molecule has 0 aromatic heterocycles. The summed E-state index contributed by atoms with van der Waals surface area (Å²) < 4.78 is 0. The molecule has 0 fully saturated rings. The highest BCUT2D eigenvalue weighted by molar-refractivity contribution is 7.98. The lowest BCUT2D eigenvalue weighted by molar-refractivity contribution is 0.874. The molecule has 0 bridgehead atoms. The molecular formula is C12H18N2S. The van der Waals surface area contributed by atoms with Crippen LogP contribution in [0.5, 0.6) is 0 Å². The molecule has 0 unspecified atom stereocenters. The van der Waals surface area contributed by atoms with Crippen molar-refractivity contribution >= 4 is 23.1 Å². The van der Waals surface area contributed by atoms with Crippen LogP contribution in [0.4, 0.5) is 11.4 Å². The molecule has 0 spiro atoms. The molecule has 2 nitrogen and oxygen atoms in total. The van der Waals surface area contributed by atoms with Gasteiger partial charge in [-0.1, -0.05) is 6.07 Å². The SMILES string of the molecule is CSCCN1CCc2cc(C)c(N)cc21. The zero-order valence-electron chi connectivity index (χ0n) is 9.42. The van der Waals surface area contributed by atoms with Crippen LogP contribution >= 0.6 is 11.8 Å². The number of nitrogens with zero attached hydrogens (tertiary/aromatic N) is 1. The molecule has 0 aliphatic carbocycles. The van der Waals surface area contributed by atoms with E-state index < -0.39 is 0 Å². The van der Waals surface area contributed by atoms with Crippen molar-refractivity contribution in [3.05, 3.63) is 23.3 Å². The van der Waals surface area contributed by atoms with E-state index in [9.17, 15) is 0 Å². The Hall–Kier alpha value is -0.830. The Morgan fingerprint density at radius 3 is 3.00 bits per heavy atom. The van der Waals surface area contributed by atoms with Crippen molar-refractivity contribution < 1.29 is 0 Å². The Kier molecular flexibility index (Phi) is 3.10. The minimum absolute atomic E-state index is 0.921. The first-order valence-electron chi connectivity index (χ1n) is 5.35. The van der Waals surface area contributed by atoms with Crippen molar-refractivity contribution in [3.8, 4) is 0 Å². The van der Waals surface area contributed by atoms with Crippen LogP contribution in [0.3, 0.4) is 0 Å². The number of nitrogen functional groups attached to an aromatic ring is 1. The van der Waals surface area contributed by atoms with Crippen molar-refractivity contribution in [1.82, 2.24) is 0 Å². The Morgan fingerprint density at radius 2 is 2.27 bits per heavy atom. The van der Waals surface area contributed by atoms with E-state index >= 15 is 0 Å². The molecule has 0 saturated heterocycles. The lowest BCUT2D eigenvalue weighted by Crippen LogP contribution is -2.23. The second kappa shape index (κ2) is 4.35. The van der Waals surface area contributed by atoms with Gasteiger partial charge in [0.1, 0.15) is 0 Å². The van der Waals surface area contributed by atoms with Crippen LogP contribution in [-0.4, -0.2) is 25.1 Å². The highest BCUT2D eigenvalue weighted by atomic mass is 32.2. The molecule has 1 aromatic rings. The number of rotatable bonds is 3. The maximum absolute atomic E-state index is 5.95. The summed E-state index contributed by atoms with van der Waals surface area (Å²) in [5, 5.41) is 0. The number of fused-ring (bicyclic) bond motifs is 1. The maximum atomic E-state index is 5.95. The van der Waals surface area contributed by atoms with Crippen molar-refractivity contribution in [2.24, 2.45) is 0 Å². The van der Waals surface area contributed by atoms with Crippen LogP contribution < -0.4 is 10.6 Å². The summed E-state index contributed by atoms with van der Waals surface area (Å²) in [5.74, 6) is 1.19. The number of hydrogen-bond acceptors (Lipinski definition) is 3. The van der Waals surface area contributed by atoms with E-state index in [1.54, 1.807) is 0 Å². The number of anilines is 2. The van der Waals surface area contributed by atoms with E-state index in [4.69, 9.17) is 5.73 Å². The molecule has 82 valence electrons. The van der Waals surface area contributed by atoms with Gasteiger partial charge in [0.05, 0.1) is 0 Å². The van der Waals surface area contributed by atoms with Crippen LogP contribution in [0.1, 0.15) is 11.1 Å². The normalized spacial score (nSPS) is 14.4. The number of thioether (sulfide) groups is 1. The van der Waals surface area contributed by atoms with Gasteiger partial charge in [0, 0.05) is 30.2 Å². The molecule has 2 rings (SSSR count). The molecule has 0 amide bonds. The van der Waals surface area contributed by atoms with Crippen molar-refractivity contribution in [2.75, 3.05) is 35.7 Å². The zero-order valence-corrected chi connectivity index (χ0v) is 10.2. The fourth-order valence-electron chi connectivity index (χ4n) is 2.08. The van der Waals surface area contributed by atoms with Crippen LogP contribution in [0, 0.1) is 6.92 Å². The summed E-state index contributed by atoms with van der Waals surface area (Å²) in [6.07, 6.45) is 3.32. The first-order chi connectivity index (χ1) is 7.22. The van der Waals surface area contributed by atoms with Gasteiger partial charge in [0.2, 0.25) is 0 Å². The molecule has 0 atom stereocenters. The number of hydrogen-bond donors (Lipinski definition) is 1. The predicted molar refractivity (Wildman–Crippen MR) is 69.9 cm³/mol. The third kappa shape index (κ3) is 2.07. The van der Waals surface area contributed by atoms with E-state index in [-0.39, 0.29) is 0 Å². The fourth-order valence-corrected chi connectivity index (χ4v) is 2.48. The lowest BCUT2D eigenvalue weighted by Gasteiger charge is -2.19. The molecule has 1 heterocycles. The third-order valence-corrected chi connectivity index (χ3v) is 3.62. The van der Waals surface area contributed by atoms with Crippen molar-refractivity contribution in [3.63, 3.8) is 0 Å². The van der Waals surface area contributed by atoms with Gasteiger partial charge in [-0.15, -0.1) is 0 Å². The van der Waals surface area contributed by atoms with E-state index in [0.717, 1.165) is 18.8 Å². The monoisotopic (exact) mass is 222 g/mol. The Labute approximate surface area is 95.8 Å². The molecule has 0 radical (unpaired) electrons. The third-order valence-electron chi connectivity index (χ3n) is 3.02. The summed E-state index contributed by atoms with van der Waals surface area (Å²) >= 11 is 1.90. The first kappa shape index (κ1) is 10.7. The van der Waals surface area contributed by atoms with Gasteiger partial charge in [0.15, 0.2) is 0 Å². The topological polar surface area (TPSA) is 29.3 Å². The molecule has 1 aromatic carbocycles. The smallest absolute Gasteiger partial charge is 0.0420 e. The van der Waals surface area contributed by atoms with E-state index in [1.165, 1.54) is 29.0 Å².